The number of likely N-dealkylation sites (N-methyl/N-ethyl adjacent to an activating group) is 1. The third kappa shape index (κ3) is 4.30. The number of hydrogen-bond donors (Lipinski definition) is 1. The summed E-state index contributed by atoms with van der Waals surface area (Å²) in [4.78, 5) is 2.42. The minimum Gasteiger partial charge on any atom is -0.380 e. The van der Waals surface area contributed by atoms with Gasteiger partial charge in [0.15, 0.2) is 0 Å². The van der Waals surface area contributed by atoms with Gasteiger partial charge in [0.1, 0.15) is 0 Å². The Morgan fingerprint density at radius 2 is 2.05 bits per heavy atom. The number of ether oxygens (including phenoxy) is 1. The summed E-state index contributed by atoms with van der Waals surface area (Å²) in [5, 5.41) is 3.50. The number of nitrogens with one attached hydrogen (secondary N) is 1. The number of hydrogen-bond acceptors (Lipinski definition) is 3. The Kier molecular flexibility index (Phi) is 5.37. The lowest BCUT2D eigenvalue weighted by Crippen LogP contribution is -2.32. The molecule has 1 aromatic carbocycles. The van der Waals surface area contributed by atoms with Gasteiger partial charge in [-0.3, -0.25) is 4.90 Å². The monoisotopic (exact) mass is 262 g/mol. The van der Waals surface area contributed by atoms with E-state index in [1.165, 1.54) is 11.1 Å². The average Bonchev–Trinajstić information content (AvgIpc) is 2.91. The summed E-state index contributed by atoms with van der Waals surface area (Å²) < 4.78 is 5.47. The van der Waals surface area contributed by atoms with Crippen molar-refractivity contribution in [3.63, 3.8) is 0 Å². The maximum absolute atomic E-state index is 5.47. The average molecular weight is 262 g/mol. The summed E-state index contributed by atoms with van der Waals surface area (Å²) in [7, 11) is 2.20. The van der Waals surface area contributed by atoms with E-state index in [-0.39, 0.29) is 0 Å². The molecule has 0 radical (unpaired) electrons. The topological polar surface area (TPSA) is 24.5 Å². The summed E-state index contributed by atoms with van der Waals surface area (Å²) in [5.74, 6) is 0. The van der Waals surface area contributed by atoms with Crippen molar-refractivity contribution in [1.29, 1.82) is 0 Å². The van der Waals surface area contributed by atoms with E-state index in [0.29, 0.717) is 12.1 Å². The van der Waals surface area contributed by atoms with Crippen molar-refractivity contribution in [2.24, 2.45) is 0 Å². The molecule has 0 amide bonds. The van der Waals surface area contributed by atoms with Crippen LogP contribution in [0.3, 0.4) is 0 Å². The smallest absolute Gasteiger partial charge is 0.0622 e. The van der Waals surface area contributed by atoms with Gasteiger partial charge in [-0.15, -0.1) is 0 Å². The predicted octanol–water partition coefficient (Wildman–Crippen LogP) is 2.41. The highest BCUT2D eigenvalue weighted by molar-refractivity contribution is 5.27. The Labute approximate surface area is 116 Å². The van der Waals surface area contributed by atoms with Crippen molar-refractivity contribution >= 4 is 0 Å². The minimum atomic E-state index is 0.522. The third-order valence-corrected chi connectivity index (χ3v) is 3.77. The molecule has 1 saturated heterocycles. The van der Waals surface area contributed by atoms with E-state index < -0.39 is 0 Å². The number of benzene rings is 1. The van der Waals surface area contributed by atoms with Crippen molar-refractivity contribution in [3.05, 3.63) is 35.4 Å². The molecule has 1 aliphatic rings. The Bertz CT molecular complexity index is 386. The summed E-state index contributed by atoms with van der Waals surface area (Å²) >= 11 is 0. The van der Waals surface area contributed by atoms with E-state index >= 15 is 0 Å². The van der Waals surface area contributed by atoms with Crippen LogP contribution in [-0.2, 0) is 17.8 Å². The van der Waals surface area contributed by atoms with Crippen molar-refractivity contribution in [2.45, 2.75) is 45.4 Å². The summed E-state index contributed by atoms with van der Waals surface area (Å²) in [6, 6.07) is 9.82. The quantitative estimate of drug-likeness (QED) is 0.852. The van der Waals surface area contributed by atoms with Crippen LogP contribution in [-0.4, -0.2) is 37.2 Å². The molecule has 1 heterocycles. The lowest BCUT2D eigenvalue weighted by Gasteiger charge is -2.24. The standard InChI is InChI=1S/C16H26N2O/c1-13(2)17-10-14-6-4-5-7-15(14)11-18(3)16-8-9-19-12-16/h4-7,13,16-17H,8-12H2,1-3H3. The normalized spacial score (nSPS) is 19.5. The molecule has 0 aliphatic carbocycles. The molecule has 1 aliphatic heterocycles. The Morgan fingerprint density at radius 1 is 1.32 bits per heavy atom. The van der Waals surface area contributed by atoms with E-state index in [1.807, 2.05) is 0 Å². The number of nitrogens with zero attached hydrogens (tertiary/aromatic N) is 1. The summed E-state index contributed by atoms with van der Waals surface area (Å²) in [6.45, 7) is 8.11. The van der Waals surface area contributed by atoms with Crippen LogP contribution in [0.15, 0.2) is 24.3 Å². The second kappa shape index (κ2) is 7.04. The molecule has 0 aromatic heterocycles. The van der Waals surface area contributed by atoms with Gasteiger partial charge in [-0.25, -0.2) is 0 Å². The highest BCUT2D eigenvalue weighted by Gasteiger charge is 2.20. The molecule has 0 saturated carbocycles. The van der Waals surface area contributed by atoms with Gasteiger partial charge in [-0.2, -0.15) is 0 Å². The van der Waals surface area contributed by atoms with Crippen LogP contribution in [0.5, 0.6) is 0 Å². The van der Waals surface area contributed by atoms with Gasteiger partial charge < -0.3 is 10.1 Å². The minimum absolute atomic E-state index is 0.522. The van der Waals surface area contributed by atoms with Crippen LogP contribution >= 0.6 is 0 Å². The first-order valence-electron chi connectivity index (χ1n) is 7.25. The summed E-state index contributed by atoms with van der Waals surface area (Å²) in [6.07, 6.45) is 1.16. The van der Waals surface area contributed by atoms with Gasteiger partial charge in [0.25, 0.3) is 0 Å². The maximum Gasteiger partial charge on any atom is 0.0622 e. The van der Waals surface area contributed by atoms with Gasteiger partial charge >= 0.3 is 0 Å². The lowest BCUT2D eigenvalue weighted by atomic mass is 10.1. The molecule has 3 nitrogen and oxygen atoms in total. The fourth-order valence-electron chi connectivity index (χ4n) is 2.47. The maximum atomic E-state index is 5.47. The van der Waals surface area contributed by atoms with Crippen molar-refractivity contribution in [2.75, 3.05) is 20.3 Å². The molecule has 1 aromatic rings. The molecule has 2 rings (SSSR count). The molecule has 0 bridgehead atoms. The molecule has 1 N–H and O–H groups in total. The second-order valence-corrected chi connectivity index (χ2v) is 5.74. The van der Waals surface area contributed by atoms with Crippen molar-refractivity contribution in [3.8, 4) is 0 Å². The Hall–Kier alpha value is -0.900. The van der Waals surface area contributed by atoms with Crippen molar-refractivity contribution < 1.29 is 4.74 Å². The molecule has 19 heavy (non-hydrogen) atoms. The highest BCUT2D eigenvalue weighted by Crippen LogP contribution is 2.16. The first kappa shape index (κ1) is 14.5. The van der Waals surface area contributed by atoms with E-state index in [9.17, 15) is 0 Å². The van der Waals surface area contributed by atoms with Gasteiger partial charge in [-0.05, 0) is 24.6 Å². The largest absolute Gasteiger partial charge is 0.380 e. The van der Waals surface area contributed by atoms with Crippen LogP contribution in [0, 0.1) is 0 Å². The zero-order valence-corrected chi connectivity index (χ0v) is 12.4. The van der Waals surface area contributed by atoms with Gasteiger partial charge in [0.05, 0.1) is 6.61 Å². The van der Waals surface area contributed by atoms with Crippen LogP contribution in [0.4, 0.5) is 0 Å². The highest BCUT2D eigenvalue weighted by atomic mass is 16.5. The van der Waals surface area contributed by atoms with Gasteiger partial charge in [0, 0.05) is 31.8 Å². The fourth-order valence-corrected chi connectivity index (χ4v) is 2.47. The zero-order chi connectivity index (χ0) is 13.7. The molecule has 0 spiro atoms. The van der Waals surface area contributed by atoms with Crippen LogP contribution in [0.2, 0.25) is 0 Å². The first-order chi connectivity index (χ1) is 9.16. The SMILES string of the molecule is CC(C)NCc1ccccc1CN(C)C1CCOC1. The fraction of sp³-hybridized carbons (Fsp3) is 0.625. The third-order valence-electron chi connectivity index (χ3n) is 3.77. The second-order valence-electron chi connectivity index (χ2n) is 5.74. The van der Waals surface area contributed by atoms with E-state index in [1.54, 1.807) is 0 Å². The van der Waals surface area contributed by atoms with Gasteiger partial charge in [-0.1, -0.05) is 38.1 Å². The molecular weight excluding hydrogens is 236 g/mol. The van der Waals surface area contributed by atoms with Gasteiger partial charge in [0.2, 0.25) is 0 Å². The Balaban J connectivity index is 1.98. The Morgan fingerprint density at radius 3 is 2.68 bits per heavy atom. The molecule has 1 unspecified atom stereocenters. The molecule has 1 fully saturated rings. The van der Waals surface area contributed by atoms with Crippen LogP contribution in [0.1, 0.15) is 31.4 Å². The molecular formula is C16H26N2O. The van der Waals surface area contributed by atoms with Crippen LogP contribution < -0.4 is 5.32 Å². The molecule has 1 atom stereocenters. The zero-order valence-electron chi connectivity index (χ0n) is 12.4. The lowest BCUT2D eigenvalue weighted by molar-refractivity contribution is 0.156. The van der Waals surface area contributed by atoms with E-state index in [2.05, 4.69) is 55.4 Å². The van der Waals surface area contributed by atoms with E-state index in [0.717, 1.165) is 32.7 Å². The molecule has 3 heteroatoms. The van der Waals surface area contributed by atoms with E-state index in [4.69, 9.17) is 4.74 Å². The molecule has 106 valence electrons. The summed E-state index contributed by atoms with van der Waals surface area (Å²) in [5.41, 5.74) is 2.83. The number of rotatable bonds is 6. The first-order valence-corrected chi connectivity index (χ1v) is 7.25. The van der Waals surface area contributed by atoms with Crippen LogP contribution in [0.25, 0.3) is 0 Å². The predicted molar refractivity (Wildman–Crippen MR) is 79.1 cm³/mol. The van der Waals surface area contributed by atoms with Crippen molar-refractivity contribution in [1.82, 2.24) is 10.2 Å².